The molecule has 1 unspecified atom stereocenters. The van der Waals surface area contributed by atoms with E-state index in [1.807, 2.05) is 30.3 Å². The predicted octanol–water partition coefficient (Wildman–Crippen LogP) is 4.65. The van der Waals surface area contributed by atoms with Crippen molar-refractivity contribution in [1.29, 1.82) is 0 Å². The van der Waals surface area contributed by atoms with E-state index in [2.05, 4.69) is 25.9 Å². The SMILES string of the molecule is O=c1[nH]c2ccc(C(Br)c3ccc(Cl)c(Cl)c3)cc2[nH]1. The molecule has 0 aliphatic rings. The minimum atomic E-state index is -0.210. The van der Waals surface area contributed by atoms with E-state index in [-0.39, 0.29) is 10.5 Å². The number of nitrogens with one attached hydrogen (secondary N) is 2. The fourth-order valence-electron chi connectivity index (χ4n) is 2.07. The van der Waals surface area contributed by atoms with Gasteiger partial charge in [-0.05, 0) is 35.4 Å². The van der Waals surface area contributed by atoms with Gasteiger partial charge in [-0.15, -0.1) is 0 Å². The van der Waals surface area contributed by atoms with Crippen molar-refractivity contribution in [3.05, 3.63) is 68.1 Å². The van der Waals surface area contributed by atoms with E-state index in [1.165, 1.54) is 0 Å². The van der Waals surface area contributed by atoms with Crippen LogP contribution < -0.4 is 5.69 Å². The summed E-state index contributed by atoms with van der Waals surface area (Å²) in [6.07, 6.45) is 0. The number of hydrogen-bond donors (Lipinski definition) is 2. The van der Waals surface area contributed by atoms with Gasteiger partial charge < -0.3 is 9.97 Å². The first kappa shape index (κ1) is 13.7. The lowest BCUT2D eigenvalue weighted by Gasteiger charge is -2.11. The Morgan fingerprint density at radius 1 is 0.900 bits per heavy atom. The van der Waals surface area contributed by atoms with Crippen molar-refractivity contribution >= 4 is 50.2 Å². The van der Waals surface area contributed by atoms with Crippen LogP contribution in [0.15, 0.2) is 41.2 Å². The van der Waals surface area contributed by atoms with Gasteiger partial charge in [-0.25, -0.2) is 4.79 Å². The Morgan fingerprint density at radius 3 is 2.30 bits per heavy atom. The van der Waals surface area contributed by atoms with Crippen molar-refractivity contribution in [2.24, 2.45) is 0 Å². The van der Waals surface area contributed by atoms with E-state index >= 15 is 0 Å². The summed E-state index contributed by atoms with van der Waals surface area (Å²) in [7, 11) is 0. The molecule has 1 heterocycles. The molecular weight excluding hydrogens is 363 g/mol. The van der Waals surface area contributed by atoms with Gasteiger partial charge in [0.15, 0.2) is 0 Å². The Morgan fingerprint density at radius 2 is 1.55 bits per heavy atom. The van der Waals surface area contributed by atoms with Crippen molar-refractivity contribution < 1.29 is 0 Å². The molecule has 1 aromatic heterocycles. The monoisotopic (exact) mass is 370 g/mol. The summed E-state index contributed by atoms with van der Waals surface area (Å²) in [5, 5.41) is 1.05. The standard InChI is InChI=1S/C14H9BrCl2N2O/c15-13(7-1-3-9(16)10(17)5-7)8-2-4-11-12(6-8)19-14(20)18-11/h1-6,13H,(H2,18,19,20). The van der Waals surface area contributed by atoms with Gasteiger partial charge in [0.25, 0.3) is 0 Å². The highest BCUT2D eigenvalue weighted by molar-refractivity contribution is 9.09. The smallest absolute Gasteiger partial charge is 0.306 e. The molecule has 0 amide bonds. The number of hydrogen-bond acceptors (Lipinski definition) is 1. The summed E-state index contributed by atoms with van der Waals surface area (Å²) < 4.78 is 0. The summed E-state index contributed by atoms with van der Waals surface area (Å²) >= 11 is 15.6. The maximum absolute atomic E-state index is 11.3. The molecule has 6 heteroatoms. The summed E-state index contributed by atoms with van der Waals surface area (Å²) in [6.45, 7) is 0. The van der Waals surface area contributed by atoms with Crippen LogP contribution in [-0.2, 0) is 0 Å². The van der Waals surface area contributed by atoms with Crippen molar-refractivity contribution in [2.45, 2.75) is 4.83 Å². The minimum absolute atomic E-state index is 0.0277. The van der Waals surface area contributed by atoms with Crippen molar-refractivity contribution in [3.63, 3.8) is 0 Å². The largest absolute Gasteiger partial charge is 0.323 e. The van der Waals surface area contributed by atoms with E-state index in [1.54, 1.807) is 6.07 Å². The Balaban J connectivity index is 2.04. The quantitative estimate of drug-likeness (QED) is 0.633. The zero-order valence-electron chi connectivity index (χ0n) is 10.1. The van der Waals surface area contributed by atoms with Crippen LogP contribution in [0.3, 0.4) is 0 Å². The van der Waals surface area contributed by atoms with E-state index < -0.39 is 0 Å². The summed E-state index contributed by atoms with van der Waals surface area (Å²) in [6, 6.07) is 11.3. The molecule has 0 saturated heterocycles. The topological polar surface area (TPSA) is 48.6 Å². The number of aromatic nitrogens is 2. The summed E-state index contributed by atoms with van der Waals surface area (Å²) in [5.41, 5.74) is 3.37. The molecule has 0 radical (unpaired) electrons. The molecule has 0 aliphatic heterocycles. The fraction of sp³-hybridized carbons (Fsp3) is 0.0714. The lowest BCUT2D eigenvalue weighted by atomic mass is 10.0. The van der Waals surface area contributed by atoms with Crippen LogP contribution in [0.4, 0.5) is 0 Å². The van der Waals surface area contributed by atoms with Gasteiger partial charge in [-0.1, -0.05) is 51.3 Å². The molecule has 0 spiro atoms. The molecule has 3 nitrogen and oxygen atoms in total. The van der Waals surface area contributed by atoms with E-state index in [9.17, 15) is 4.79 Å². The third kappa shape index (κ3) is 2.51. The molecule has 1 atom stereocenters. The van der Waals surface area contributed by atoms with Crippen LogP contribution in [0.5, 0.6) is 0 Å². The first-order valence-corrected chi connectivity index (χ1v) is 7.53. The normalized spacial score (nSPS) is 12.8. The Hall–Kier alpha value is -1.23. The van der Waals surface area contributed by atoms with Gasteiger partial charge in [0.1, 0.15) is 0 Å². The number of benzene rings is 2. The Kier molecular flexibility index (Phi) is 3.63. The van der Waals surface area contributed by atoms with Crippen LogP contribution in [0.2, 0.25) is 10.0 Å². The van der Waals surface area contributed by atoms with Crippen molar-refractivity contribution in [1.82, 2.24) is 9.97 Å². The second-order valence-corrected chi connectivity index (χ2v) is 6.15. The second kappa shape index (κ2) is 5.28. The molecule has 20 heavy (non-hydrogen) atoms. The molecule has 3 rings (SSSR count). The number of fused-ring (bicyclic) bond motifs is 1. The van der Waals surface area contributed by atoms with Crippen molar-refractivity contribution in [3.8, 4) is 0 Å². The molecule has 0 aliphatic carbocycles. The minimum Gasteiger partial charge on any atom is -0.306 e. The molecule has 3 aromatic rings. The molecular formula is C14H9BrCl2N2O. The third-order valence-electron chi connectivity index (χ3n) is 3.07. The van der Waals surface area contributed by atoms with Gasteiger partial charge in [0.05, 0.1) is 25.9 Å². The average molecular weight is 372 g/mol. The highest BCUT2D eigenvalue weighted by atomic mass is 79.9. The lowest BCUT2D eigenvalue weighted by molar-refractivity contribution is 1.18. The van der Waals surface area contributed by atoms with Gasteiger partial charge in [-0.3, -0.25) is 0 Å². The van der Waals surface area contributed by atoms with Gasteiger partial charge >= 0.3 is 5.69 Å². The number of rotatable bonds is 2. The molecule has 0 saturated carbocycles. The molecule has 2 aromatic carbocycles. The van der Waals surface area contributed by atoms with Crippen LogP contribution >= 0.6 is 39.1 Å². The van der Waals surface area contributed by atoms with Gasteiger partial charge in [0, 0.05) is 0 Å². The van der Waals surface area contributed by atoms with Crippen LogP contribution in [0.1, 0.15) is 16.0 Å². The van der Waals surface area contributed by atoms with E-state index in [0.717, 1.165) is 22.2 Å². The zero-order valence-corrected chi connectivity index (χ0v) is 13.2. The van der Waals surface area contributed by atoms with Gasteiger partial charge in [0.2, 0.25) is 0 Å². The van der Waals surface area contributed by atoms with E-state index in [0.29, 0.717) is 10.0 Å². The maximum atomic E-state index is 11.3. The molecule has 0 fully saturated rings. The zero-order chi connectivity index (χ0) is 14.3. The first-order chi connectivity index (χ1) is 9.54. The number of aromatic amines is 2. The molecule has 0 bridgehead atoms. The number of halogens is 3. The average Bonchev–Trinajstić information content (AvgIpc) is 2.80. The van der Waals surface area contributed by atoms with Crippen molar-refractivity contribution in [2.75, 3.05) is 0 Å². The van der Waals surface area contributed by atoms with Crippen LogP contribution in [-0.4, -0.2) is 9.97 Å². The lowest BCUT2D eigenvalue weighted by Crippen LogP contribution is -1.99. The Bertz CT molecular complexity index is 841. The number of H-pyrrole nitrogens is 2. The highest BCUT2D eigenvalue weighted by Crippen LogP contribution is 2.34. The summed E-state index contributed by atoms with van der Waals surface area (Å²) in [5.74, 6) is 0. The van der Waals surface area contributed by atoms with Crippen LogP contribution in [0, 0.1) is 0 Å². The maximum Gasteiger partial charge on any atom is 0.323 e. The number of imidazole rings is 1. The first-order valence-electron chi connectivity index (χ1n) is 5.85. The predicted molar refractivity (Wildman–Crippen MR) is 86.2 cm³/mol. The molecule has 2 N–H and O–H groups in total. The second-order valence-electron chi connectivity index (χ2n) is 4.42. The number of alkyl halides is 1. The van der Waals surface area contributed by atoms with Gasteiger partial charge in [-0.2, -0.15) is 0 Å². The van der Waals surface area contributed by atoms with Crippen LogP contribution in [0.25, 0.3) is 11.0 Å². The third-order valence-corrected chi connectivity index (χ3v) is 4.87. The fourth-order valence-corrected chi connectivity index (χ4v) is 2.95. The molecule has 102 valence electrons. The van der Waals surface area contributed by atoms with E-state index in [4.69, 9.17) is 23.2 Å². The highest BCUT2D eigenvalue weighted by Gasteiger charge is 2.13. The summed E-state index contributed by atoms with van der Waals surface area (Å²) in [4.78, 5) is 16.7. The Labute approximate surface area is 133 Å².